The molecule has 1 saturated heterocycles. The quantitative estimate of drug-likeness (QED) is 0.689. The highest BCUT2D eigenvalue weighted by atomic mass is 16.6. The Bertz CT molecular complexity index is 1060. The highest BCUT2D eigenvalue weighted by Crippen LogP contribution is 2.51. The third-order valence-corrected chi connectivity index (χ3v) is 6.88. The van der Waals surface area contributed by atoms with E-state index in [-0.39, 0.29) is 6.09 Å². The van der Waals surface area contributed by atoms with Crippen LogP contribution in [0.25, 0.3) is 11.1 Å². The lowest BCUT2D eigenvalue weighted by atomic mass is 9.86. The molecule has 3 aliphatic heterocycles. The van der Waals surface area contributed by atoms with E-state index in [1.165, 1.54) is 16.8 Å². The average Bonchev–Trinajstić information content (AvgIpc) is 3.33. The van der Waals surface area contributed by atoms with E-state index in [2.05, 4.69) is 23.1 Å². The number of piperidine rings is 1. The molecule has 1 fully saturated rings. The largest absolute Gasteiger partial charge is 0.497 e. The van der Waals surface area contributed by atoms with Gasteiger partial charge < -0.3 is 24.0 Å². The Morgan fingerprint density at radius 1 is 1.06 bits per heavy atom. The summed E-state index contributed by atoms with van der Waals surface area (Å²) in [6.07, 6.45) is 1.83. The minimum absolute atomic E-state index is 0.207. The smallest absolute Gasteiger partial charge is 0.410 e. The van der Waals surface area contributed by atoms with E-state index >= 15 is 0 Å². The molecular formula is C26H32N2O4. The molecule has 2 atom stereocenters. The van der Waals surface area contributed by atoms with Crippen molar-refractivity contribution < 1.29 is 19.0 Å². The summed E-state index contributed by atoms with van der Waals surface area (Å²) in [6, 6.07) is 11.1. The van der Waals surface area contributed by atoms with Crippen molar-refractivity contribution in [2.45, 2.75) is 51.2 Å². The van der Waals surface area contributed by atoms with Crippen molar-refractivity contribution in [3.63, 3.8) is 0 Å². The number of nitrogens with zero attached hydrogens (tertiary/aromatic N) is 2. The summed E-state index contributed by atoms with van der Waals surface area (Å²) in [5, 5.41) is 0. The van der Waals surface area contributed by atoms with Gasteiger partial charge in [0.25, 0.3) is 0 Å². The second kappa shape index (κ2) is 7.61. The van der Waals surface area contributed by atoms with Gasteiger partial charge in [0, 0.05) is 48.9 Å². The zero-order valence-corrected chi connectivity index (χ0v) is 19.6. The number of likely N-dealkylation sites (tertiary alicyclic amines) is 1. The van der Waals surface area contributed by atoms with Crippen molar-refractivity contribution in [1.82, 2.24) is 4.90 Å². The molecule has 6 nitrogen and oxygen atoms in total. The van der Waals surface area contributed by atoms with Crippen molar-refractivity contribution in [2.24, 2.45) is 0 Å². The van der Waals surface area contributed by atoms with Gasteiger partial charge >= 0.3 is 6.09 Å². The van der Waals surface area contributed by atoms with Crippen molar-refractivity contribution in [2.75, 3.05) is 38.8 Å². The molecule has 2 aromatic rings. The summed E-state index contributed by atoms with van der Waals surface area (Å²) < 4.78 is 16.7. The lowest BCUT2D eigenvalue weighted by Crippen LogP contribution is -2.49. The first kappa shape index (κ1) is 21.0. The van der Waals surface area contributed by atoms with Gasteiger partial charge in [0.05, 0.1) is 14.2 Å². The second-order valence-electron chi connectivity index (χ2n) is 9.97. The Morgan fingerprint density at radius 3 is 2.59 bits per heavy atom. The molecule has 170 valence electrons. The SMILES string of the molecule is COc1ccc(-c2cc3c4c(c2)C2CN(C(=O)OC(C)(C)C)CCC2N4CC3)c(OC)c1. The van der Waals surface area contributed by atoms with E-state index in [0.29, 0.717) is 18.5 Å². The van der Waals surface area contributed by atoms with Crippen LogP contribution in [0.4, 0.5) is 10.5 Å². The molecule has 3 aliphatic rings. The van der Waals surface area contributed by atoms with Crippen LogP contribution in [0.2, 0.25) is 0 Å². The zero-order chi connectivity index (χ0) is 22.6. The van der Waals surface area contributed by atoms with Crippen LogP contribution in [0.5, 0.6) is 11.5 Å². The predicted octanol–water partition coefficient (Wildman–Crippen LogP) is 4.84. The molecular weight excluding hydrogens is 404 g/mol. The van der Waals surface area contributed by atoms with Gasteiger partial charge in [-0.3, -0.25) is 0 Å². The Balaban J connectivity index is 1.51. The summed E-state index contributed by atoms with van der Waals surface area (Å²) in [4.78, 5) is 17.2. The van der Waals surface area contributed by atoms with Gasteiger partial charge in [-0.1, -0.05) is 0 Å². The monoisotopic (exact) mass is 436 g/mol. The lowest BCUT2D eigenvalue weighted by molar-refractivity contribution is 0.0189. The molecule has 6 heteroatoms. The number of rotatable bonds is 3. The zero-order valence-electron chi connectivity index (χ0n) is 19.6. The molecule has 3 heterocycles. The Kier molecular flexibility index (Phi) is 4.99. The summed E-state index contributed by atoms with van der Waals surface area (Å²) >= 11 is 0. The van der Waals surface area contributed by atoms with Crippen LogP contribution in [0.3, 0.4) is 0 Å². The van der Waals surface area contributed by atoms with Gasteiger partial charge in [-0.15, -0.1) is 0 Å². The number of hydrogen-bond acceptors (Lipinski definition) is 5. The molecule has 1 amide bonds. The second-order valence-corrected chi connectivity index (χ2v) is 9.97. The van der Waals surface area contributed by atoms with E-state index in [9.17, 15) is 4.79 Å². The highest BCUT2D eigenvalue weighted by molar-refractivity contribution is 5.80. The van der Waals surface area contributed by atoms with Gasteiger partial charge in [0.2, 0.25) is 0 Å². The van der Waals surface area contributed by atoms with E-state index in [1.54, 1.807) is 14.2 Å². The summed E-state index contributed by atoms with van der Waals surface area (Å²) in [5.74, 6) is 1.89. The summed E-state index contributed by atoms with van der Waals surface area (Å²) in [7, 11) is 3.36. The molecule has 0 spiro atoms. The number of fused-ring (bicyclic) bond motifs is 3. The highest BCUT2D eigenvalue weighted by Gasteiger charge is 2.46. The number of benzene rings is 2. The maximum Gasteiger partial charge on any atom is 0.410 e. The third kappa shape index (κ3) is 3.46. The van der Waals surface area contributed by atoms with Crippen molar-refractivity contribution in [1.29, 1.82) is 0 Å². The molecule has 0 radical (unpaired) electrons. The first-order valence-corrected chi connectivity index (χ1v) is 11.4. The topological polar surface area (TPSA) is 51.2 Å². The van der Waals surface area contributed by atoms with Gasteiger partial charge in [0.1, 0.15) is 17.1 Å². The van der Waals surface area contributed by atoms with Gasteiger partial charge in [0.15, 0.2) is 0 Å². The lowest BCUT2D eigenvalue weighted by Gasteiger charge is -2.38. The minimum Gasteiger partial charge on any atom is -0.497 e. The minimum atomic E-state index is -0.482. The van der Waals surface area contributed by atoms with E-state index in [1.807, 2.05) is 37.8 Å². The molecule has 0 aliphatic carbocycles. The van der Waals surface area contributed by atoms with Crippen LogP contribution in [-0.2, 0) is 11.2 Å². The number of methoxy groups -OCH3 is 2. The van der Waals surface area contributed by atoms with Crippen molar-refractivity contribution in [3.05, 3.63) is 41.5 Å². The molecule has 0 N–H and O–H groups in total. The molecule has 5 rings (SSSR count). The van der Waals surface area contributed by atoms with Gasteiger partial charge in [-0.25, -0.2) is 4.79 Å². The summed E-state index contributed by atoms with van der Waals surface area (Å²) in [5.41, 5.74) is 5.88. The number of ether oxygens (including phenoxy) is 3. The molecule has 32 heavy (non-hydrogen) atoms. The fourth-order valence-corrected chi connectivity index (χ4v) is 5.53. The Hall–Kier alpha value is -2.89. The standard InChI is InChI=1S/C26H32N2O4/c1-26(2,3)32-25(29)27-10-9-22-21(15-27)20-13-17(12-16-8-11-28(22)24(16)20)19-7-6-18(30-4)14-23(19)31-5/h6-7,12-14,21-22H,8-11,15H2,1-5H3. The number of anilines is 1. The number of carbonyl (C=O) groups excluding carboxylic acids is 1. The third-order valence-electron chi connectivity index (χ3n) is 6.88. The van der Waals surface area contributed by atoms with Crippen LogP contribution in [0.15, 0.2) is 30.3 Å². The maximum absolute atomic E-state index is 12.8. The number of amides is 1. The van der Waals surface area contributed by atoms with Crippen LogP contribution in [0, 0.1) is 0 Å². The fraction of sp³-hybridized carbons (Fsp3) is 0.500. The molecule has 2 unspecified atom stereocenters. The fourth-order valence-electron chi connectivity index (χ4n) is 5.53. The number of carbonyl (C=O) groups is 1. The van der Waals surface area contributed by atoms with Gasteiger partial charge in [-0.05, 0) is 74.6 Å². The van der Waals surface area contributed by atoms with Crippen molar-refractivity contribution >= 4 is 11.8 Å². The van der Waals surface area contributed by atoms with Crippen molar-refractivity contribution in [3.8, 4) is 22.6 Å². The molecule has 0 saturated carbocycles. The van der Waals surface area contributed by atoms with Crippen LogP contribution in [-0.4, -0.2) is 56.5 Å². The average molecular weight is 437 g/mol. The Morgan fingerprint density at radius 2 is 1.88 bits per heavy atom. The van der Waals surface area contributed by atoms with Gasteiger partial charge in [-0.2, -0.15) is 0 Å². The Labute approximate surface area is 190 Å². The number of hydrogen-bond donors (Lipinski definition) is 0. The predicted molar refractivity (Wildman–Crippen MR) is 125 cm³/mol. The molecule has 2 aromatic carbocycles. The first-order chi connectivity index (χ1) is 15.3. The molecule has 0 bridgehead atoms. The maximum atomic E-state index is 12.8. The first-order valence-electron chi connectivity index (χ1n) is 11.4. The van der Waals surface area contributed by atoms with E-state index in [4.69, 9.17) is 14.2 Å². The van der Waals surface area contributed by atoms with E-state index in [0.717, 1.165) is 48.6 Å². The summed E-state index contributed by atoms with van der Waals surface area (Å²) in [6.45, 7) is 8.26. The van der Waals surface area contributed by atoms with Crippen LogP contribution < -0.4 is 14.4 Å². The van der Waals surface area contributed by atoms with Crippen LogP contribution in [0.1, 0.15) is 44.2 Å². The normalized spacial score (nSPS) is 21.3. The molecule has 0 aromatic heterocycles. The van der Waals surface area contributed by atoms with E-state index < -0.39 is 5.60 Å². The van der Waals surface area contributed by atoms with Crippen LogP contribution >= 0.6 is 0 Å².